The Morgan fingerprint density at radius 3 is 2.88 bits per heavy atom. The molecule has 1 aliphatic carbocycles. The first-order chi connectivity index (χ1) is 12.5. The molecule has 1 aromatic carbocycles. The molecule has 2 aromatic rings. The van der Waals surface area contributed by atoms with Gasteiger partial charge in [0.1, 0.15) is 11.6 Å². The topological polar surface area (TPSA) is 72.5 Å². The van der Waals surface area contributed by atoms with Crippen LogP contribution in [0.1, 0.15) is 57.7 Å². The van der Waals surface area contributed by atoms with Gasteiger partial charge < -0.3 is 10.1 Å². The molecule has 1 N–H and O–H groups in total. The molecule has 1 aromatic heterocycles. The van der Waals surface area contributed by atoms with Crippen LogP contribution in [0.25, 0.3) is 0 Å². The lowest BCUT2D eigenvalue weighted by molar-refractivity contribution is -0.134. The summed E-state index contributed by atoms with van der Waals surface area (Å²) < 4.78 is 19.2. The first-order valence-corrected chi connectivity index (χ1v) is 9.23. The smallest absolute Gasteiger partial charge is 0.311 e. The van der Waals surface area contributed by atoms with E-state index in [-0.39, 0.29) is 41.8 Å². The van der Waals surface area contributed by atoms with Gasteiger partial charge in [0.05, 0.1) is 10.4 Å². The molecule has 5 nitrogen and oxygen atoms in total. The Morgan fingerprint density at radius 2 is 2.15 bits per heavy atom. The molecule has 0 fully saturated rings. The van der Waals surface area contributed by atoms with Gasteiger partial charge in [-0.25, -0.2) is 4.39 Å². The maximum atomic E-state index is 13.9. The summed E-state index contributed by atoms with van der Waals surface area (Å²) in [6.07, 6.45) is 0.708. The maximum Gasteiger partial charge on any atom is 0.311 e. The van der Waals surface area contributed by atoms with Crippen LogP contribution in [0, 0.1) is 5.82 Å². The van der Waals surface area contributed by atoms with E-state index >= 15 is 0 Å². The van der Waals surface area contributed by atoms with Gasteiger partial charge >= 0.3 is 5.97 Å². The van der Waals surface area contributed by atoms with E-state index in [0.717, 1.165) is 0 Å². The molecule has 0 saturated heterocycles. The third kappa shape index (κ3) is 3.83. The lowest BCUT2D eigenvalue weighted by Crippen LogP contribution is -2.24. The third-order valence-corrected chi connectivity index (χ3v) is 5.10. The molecule has 1 amide bonds. The van der Waals surface area contributed by atoms with Crippen LogP contribution >= 0.6 is 11.3 Å². The highest BCUT2D eigenvalue weighted by molar-refractivity contribution is 7.12. The highest BCUT2D eigenvalue weighted by Crippen LogP contribution is 2.39. The molecule has 1 heterocycles. The second-order valence-corrected chi connectivity index (χ2v) is 7.12. The number of Topliss-reactive ketones (excluding diaryl/α,β-unsaturated/α-hetero) is 1. The van der Waals surface area contributed by atoms with Crippen molar-refractivity contribution in [2.24, 2.45) is 0 Å². The van der Waals surface area contributed by atoms with E-state index in [4.69, 9.17) is 4.74 Å². The summed E-state index contributed by atoms with van der Waals surface area (Å²) in [7, 11) is 0. The largest absolute Gasteiger partial charge is 0.426 e. The van der Waals surface area contributed by atoms with Gasteiger partial charge in [0.15, 0.2) is 5.78 Å². The number of carbonyl (C=O) groups is 3. The Kier molecular flexibility index (Phi) is 5.46. The highest BCUT2D eigenvalue weighted by Gasteiger charge is 2.33. The molecule has 26 heavy (non-hydrogen) atoms. The number of fused-ring (bicyclic) bond motifs is 1. The number of ether oxygens (including phenoxy) is 1. The van der Waals surface area contributed by atoms with Crippen LogP contribution in [-0.4, -0.2) is 24.2 Å². The molecule has 0 radical (unpaired) electrons. The van der Waals surface area contributed by atoms with Gasteiger partial charge in [-0.15, -0.1) is 11.3 Å². The average molecular weight is 375 g/mol. The van der Waals surface area contributed by atoms with Crippen LogP contribution in [0.3, 0.4) is 0 Å². The number of hydrogen-bond donors (Lipinski definition) is 1. The summed E-state index contributed by atoms with van der Waals surface area (Å²) in [4.78, 5) is 36.5. The summed E-state index contributed by atoms with van der Waals surface area (Å²) in [5.41, 5.74) is 0.500. The van der Waals surface area contributed by atoms with Gasteiger partial charge in [0.25, 0.3) is 5.91 Å². The standard InChI is InChI=1S/C19H18FNO4S/c1-11-10-13(22)18-14(7-6-12(20)17(11)18)25-16(23)5-2-8-21-19(24)15-4-3-9-26-15/h3-4,6-7,9,11H,2,5,8,10H2,1H3,(H,21,24). The number of hydrogen-bond acceptors (Lipinski definition) is 5. The Balaban J connectivity index is 1.53. The zero-order valence-electron chi connectivity index (χ0n) is 14.2. The van der Waals surface area contributed by atoms with Crippen molar-refractivity contribution in [3.05, 3.63) is 51.5 Å². The molecule has 0 spiro atoms. The summed E-state index contributed by atoms with van der Waals surface area (Å²) in [6, 6.07) is 6.06. The molecule has 7 heteroatoms. The van der Waals surface area contributed by atoms with Gasteiger partial charge in [-0.2, -0.15) is 0 Å². The fraction of sp³-hybridized carbons (Fsp3) is 0.316. The van der Waals surface area contributed by atoms with E-state index in [9.17, 15) is 18.8 Å². The van der Waals surface area contributed by atoms with Gasteiger partial charge in [0, 0.05) is 24.9 Å². The zero-order valence-corrected chi connectivity index (χ0v) is 15.0. The van der Waals surface area contributed by atoms with Crippen LogP contribution in [-0.2, 0) is 4.79 Å². The van der Waals surface area contributed by atoms with Crippen molar-refractivity contribution < 1.29 is 23.5 Å². The highest BCUT2D eigenvalue weighted by atomic mass is 32.1. The van der Waals surface area contributed by atoms with Crippen LogP contribution in [0.4, 0.5) is 4.39 Å². The summed E-state index contributed by atoms with van der Waals surface area (Å²) in [5, 5.41) is 4.54. The lowest BCUT2D eigenvalue weighted by Gasteiger charge is -2.10. The van der Waals surface area contributed by atoms with E-state index in [1.165, 1.54) is 23.5 Å². The fourth-order valence-corrected chi connectivity index (χ4v) is 3.65. The molecule has 1 unspecified atom stereocenters. The average Bonchev–Trinajstić information content (AvgIpc) is 3.23. The molecule has 136 valence electrons. The molecular weight excluding hydrogens is 357 g/mol. The van der Waals surface area contributed by atoms with E-state index < -0.39 is 11.8 Å². The normalized spacial score (nSPS) is 15.6. The minimum Gasteiger partial charge on any atom is -0.426 e. The van der Waals surface area contributed by atoms with Crippen LogP contribution in [0.2, 0.25) is 0 Å². The minimum absolute atomic E-state index is 0.0839. The van der Waals surface area contributed by atoms with Gasteiger partial charge in [-0.3, -0.25) is 14.4 Å². The Bertz CT molecular complexity index is 847. The van der Waals surface area contributed by atoms with Gasteiger partial charge in [-0.1, -0.05) is 13.0 Å². The number of ketones is 1. The molecule has 1 aliphatic rings. The Hall–Kier alpha value is -2.54. The van der Waals surface area contributed by atoms with Crippen molar-refractivity contribution in [3.8, 4) is 5.75 Å². The fourth-order valence-electron chi connectivity index (χ4n) is 3.01. The molecule has 1 atom stereocenters. The molecule has 0 bridgehead atoms. The quantitative estimate of drug-likeness (QED) is 0.475. The second-order valence-electron chi connectivity index (χ2n) is 6.17. The predicted octanol–water partition coefficient (Wildman–Crippen LogP) is 3.69. The number of nitrogens with one attached hydrogen (secondary N) is 1. The SMILES string of the molecule is CC1CC(=O)c2c(OC(=O)CCCNC(=O)c3cccs3)ccc(F)c21. The van der Waals surface area contributed by atoms with Crippen molar-refractivity contribution in [2.45, 2.75) is 32.1 Å². The number of benzene rings is 1. The first-order valence-electron chi connectivity index (χ1n) is 8.35. The lowest BCUT2D eigenvalue weighted by atomic mass is 10.0. The van der Waals surface area contributed by atoms with Crippen molar-refractivity contribution in [2.75, 3.05) is 6.54 Å². The van der Waals surface area contributed by atoms with Crippen molar-refractivity contribution >= 4 is 29.0 Å². The summed E-state index contributed by atoms with van der Waals surface area (Å²) in [5.74, 6) is -1.46. The predicted molar refractivity (Wildman–Crippen MR) is 95.3 cm³/mol. The number of carbonyl (C=O) groups excluding carboxylic acids is 3. The van der Waals surface area contributed by atoms with Crippen molar-refractivity contribution in [1.29, 1.82) is 0 Å². The Morgan fingerprint density at radius 1 is 1.35 bits per heavy atom. The van der Waals surface area contributed by atoms with Crippen LogP contribution < -0.4 is 10.1 Å². The monoisotopic (exact) mass is 375 g/mol. The molecule has 0 aliphatic heterocycles. The van der Waals surface area contributed by atoms with Crippen molar-refractivity contribution in [3.63, 3.8) is 0 Å². The van der Waals surface area contributed by atoms with E-state index in [1.807, 2.05) is 5.38 Å². The van der Waals surface area contributed by atoms with Gasteiger partial charge in [0.2, 0.25) is 0 Å². The first kappa shape index (κ1) is 18.3. The maximum absolute atomic E-state index is 13.9. The van der Waals surface area contributed by atoms with E-state index in [1.54, 1.807) is 19.1 Å². The number of halogens is 1. The van der Waals surface area contributed by atoms with Gasteiger partial charge in [-0.05, 0) is 35.9 Å². The summed E-state index contributed by atoms with van der Waals surface area (Å²) in [6.45, 7) is 2.11. The third-order valence-electron chi connectivity index (χ3n) is 4.23. The van der Waals surface area contributed by atoms with E-state index in [2.05, 4.69) is 5.32 Å². The number of thiophene rings is 1. The van der Waals surface area contributed by atoms with E-state index in [0.29, 0.717) is 23.4 Å². The molecule has 0 saturated carbocycles. The second kappa shape index (κ2) is 7.78. The Labute approximate surface area is 154 Å². The van der Waals surface area contributed by atoms with Crippen LogP contribution in [0.5, 0.6) is 5.75 Å². The van der Waals surface area contributed by atoms with Crippen LogP contribution in [0.15, 0.2) is 29.6 Å². The number of rotatable bonds is 6. The summed E-state index contributed by atoms with van der Waals surface area (Å²) >= 11 is 1.34. The minimum atomic E-state index is -0.517. The zero-order chi connectivity index (χ0) is 18.7. The number of esters is 1. The molecular formula is C19H18FNO4S. The molecule has 3 rings (SSSR count). The van der Waals surface area contributed by atoms with Crippen molar-refractivity contribution in [1.82, 2.24) is 5.32 Å². The number of amides is 1.